The number of halogens is 2. The molecule has 28 heavy (non-hydrogen) atoms. The van der Waals surface area contributed by atoms with Crippen molar-refractivity contribution in [2.45, 2.75) is 19.3 Å². The molecule has 0 bridgehead atoms. The number of amides is 1. The molecule has 0 spiro atoms. The van der Waals surface area contributed by atoms with E-state index in [1.165, 1.54) is 0 Å². The van der Waals surface area contributed by atoms with Crippen molar-refractivity contribution in [3.63, 3.8) is 0 Å². The first-order valence-electron chi connectivity index (χ1n) is 9.26. The first kappa shape index (κ1) is 21.6. The molecule has 0 atom stereocenters. The number of piperazine rings is 1. The number of unbranched alkanes of at least 4 members (excludes halogenated alkanes) is 2. The maximum absolute atomic E-state index is 13.4. The summed E-state index contributed by atoms with van der Waals surface area (Å²) < 4.78 is 32.6. The molecule has 0 aromatic heterocycles. The molecule has 3 N–H and O–H groups in total. The number of nitrogens with zero attached hydrogens (tertiary/aromatic N) is 1. The normalized spacial score (nSPS) is 14.9. The zero-order valence-electron chi connectivity index (χ0n) is 15.8. The largest absolute Gasteiger partial charge is 0.486 e. The first-order valence-corrected chi connectivity index (χ1v) is 9.26. The number of ether oxygens (including phenoxy) is 1. The van der Waals surface area contributed by atoms with Gasteiger partial charge in [0.05, 0.1) is 6.61 Å². The summed E-state index contributed by atoms with van der Waals surface area (Å²) in [7, 11) is 0. The summed E-state index contributed by atoms with van der Waals surface area (Å²) in [5.74, 6) is -2.26. The molecule has 1 aliphatic heterocycles. The predicted octanol–water partition coefficient (Wildman–Crippen LogP) is 3.04. The maximum Gasteiger partial charge on any atom is 0.293 e. The minimum Gasteiger partial charge on any atom is -0.486 e. The van der Waals surface area contributed by atoms with Crippen LogP contribution >= 0.6 is 0 Å². The molecule has 0 saturated carbocycles. The van der Waals surface area contributed by atoms with Crippen LogP contribution in [0.15, 0.2) is 42.3 Å². The fourth-order valence-electron chi connectivity index (χ4n) is 2.84. The number of carbonyl (C=O) groups is 1. The van der Waals surface area contributed by atoms with E-state index in [4.69, 9.17) is 10.1 Å². The Labute approximate surface area is 163 Å². The summed E-state index contributed by atoms with van der Waals surface area (Å²) in [5.41, 5.74) is 0.333. The van der Waals surface area contributed by atoms with Crippen molar-refractivity contribution >= 4 is 17.8 Å². The van der Waals surface area contributed by atoms with Crippen molar-refractivity contribution in [3.8, 4) is 0 Å². The Bertz CT molecular complexity index is 711. The third-order valence-corrected chi connectivity index (χ3v) is 4.20. The van der Waals surface area contributed by atoms with Gasteiger partial charge in [-0.15, -0.1) is 6.58 Å². The average Bonchev–Trinajstić information content (AvgIpc) is 2.67. The standard InChI is InChI=1S/C20H26F2N4O2/c1-2-3-4-5-10-28-19(18(14-23)26-8-6-24-7-9-26)20(27)25-17-12-15(21)11-16(22)13-17/h2,11-14,23-24H,1,3-10H2,(H,25,27)/b19-18-,23-14?. The molecule has 8 heteroatoms. The van der Waals surface area contributed by atoms with Gasteiger partial charge in [-0.3, -0.25) is 4.79 Å². The molecule has 1 heterocycles. The molecule has 1 aromatic carbocycles. The maximum atomic E-state index is 13.4. The highest BCUT2D eigenvalue weighted by Gasteiger charge is 2.23. The number of benzene rings is 1. The molecular formula is C20H26F2N4O2. The molecule has 0 unspecified atom stereocenters. The number of hydrogen-bond donors (Lipinski definition) is 3. The van der Waals surface area contributed by atoms with E-state index >= 15 is 0 Å². The van der Waals surface area contributed by atoms with Crippen LogP contribution in [0.25, 0.3) is 0 Å². The van der Waals surface area contributed by atoms with Crippen LogP contribution in [0.5, 0.6) is 0 Å². The lowest BCUT2D eigenvalue weighted by molar-refractivity contribution is -0.116. The van der Waals surface area contributed by atoms with Gasteiger partial charge in [0.25, 0.3) is 5.91 Å². The molecule has 1 aromatic rings. The zero-order chi connectivity index (χ0) is 20.4. The van der Waals surface area contributed by atoms with E-state index < -0.39 is 17.5 Å². The zero-order valence-corrected chi connectivity index (χ0v) is 15.8. The molecule has 2 rings (SSSR count). The van der Waals surface area contributed by atoms with Crippen LogP contribution in [0.2, 0.25) is 0 Å². The minimum absolute atomic E-state index is 0.0140. The Morgan fingerprint density at radius 3 is 2.54 bits per heavy atom. The summed E-state index contributed by atoms with van der Waals surface area (Å²) in [4.78, 5) is 14.7. The number of anilines is 1. The Hall–Kier alpha value is -2.74. The highest BCUT2D eigenvalue weighted by atomic mass is 19.1. The van der Waals surface area contributed by atoms with Crippen LogP contribution in [0.4, 0.5) is 14.5 Å². The second kappa shape index (κ2) is 11.2. The van der Waals surface area contributed by atoms with Gasteiger partial charge in [0, 0.05) is 44.1 Å². The second-order valence-corrected chi connectivity index (χ2v) is 6.34. The van der Waals surface area contributed by atoms with Crippen molar-refractivity contribution in [2.24, 2.45) is 0 Å². The lowest BCUT2D eigenvalue weighted by atomic mass is 10.2. The van der Waals surface area contributed by atoms with Gasteiger partial charge in [0.1, 0.15) is 17.3 Å². The van der Waals surface area contributed by atoms with E-state index in [2.05, 4.69) is 17.2 Å². The quantitative estimate of drug-likeness (QED) is 0.188. The van der Waals surface area contributed by atoms with E-state index in [0.29, 0.717) is 25.2 Å². The van der Waals surface area contributed by atoms with Gasteiger partial charge in [0.2, 0.25) is 5.76 Å². The van der Waals surface area contributed by atoms with Crippen LogP contribution in [0, 0.1) is 17.0 Å². The number of nitrogens with one attached hydrogen (secondary N) is 3. The van der Waals surface area contributed by atoms with E-state index in [9.17, 15) is 13.6 Å². The summed E-state index contributed by atoms with van der Waals surface area (Å²) in [5, 5.41) is 13.4. The van der Waals surface area contributed by atoms with Crippen molar-refractivity contribution in [3.05, 3.63) is 53.9 Å². The minimum atomic E-state index is -0.791. The fourth-order valence-corrected chi connectivity index (χ4v) is 2.84. The summed E-state index contributed by atoms with van der Waals surface area (Å²) in [6, 6.07) is 2.78. The fraction of sp³-hybridized carbons (Fsp3) is 0.400. The summed E-state index contributed by atoms with van der Waals surface area (Å²) in [6.45, 7) is 6.64. The average molecular weight is 392 g/mol. The third kappa shape index (κ3) is 6.45. The Morgan fingerprint density at radius 2 is 1.93 bits per heavy atom. The Morgan fingerprint density at radius 1 is 1.25 bits per heavy atom. The van der Waals surface area contributed by atoms with Crippen LogP contribution < -0.4 is 10.6 Å². The monoisotopic (exact) mass is 392 g/mol. The predicted molar refractivity (Wildman–Crippen MR) is 105 cm³/mol. The number of hydrogen-bond acceptors (Lipinski definition) is 5. The number of rotatable bonds is 10. The Kier molecular flexibility index (Phi) is 8.61. The summed E-state index contributed by atoms with van der Waals surface area (Å²) in [6.07, 6.45) is 5.31. The molecule has 1 saturated heterocycles. The molecule has 0 aliphatic carbocycles. The third-order valence-electron chi connectivity index (χ3n) is 4.20. The summed E-state index contributed by atoms with van der Waals surface area (Å²) >= 11 is 0. The van der Waals surface area contributed by atoms with Gasteiger partial charge in [-0.25, -0.2) is 8.78 Å². The van der Waals surface area contributed by atoms with Crippen molar-refractivity contribution in [2.75, 3.05) is 38.1 Å². The van der Waals surface area contributed by atoms with E-state index in [0.717, 1.165) is 50.3 Å². The molecule has 0 radical (unpaired) electrons. The van der Waals surface area contributed by atoms with Crippen LogP contribution in [-0.2, 0) is 9.53 Å². The van der Waals surface area contributed by atoms with E-state index in [-0.39, 0.29) is 18.1 Å². The highest BCUT2D eigenvalue weighted by molar-refractivity contribution is 6.05. The Balaban J connectivity index is 2.21. The number of carbonyl (C=O) groups excluding carboxylic acids is 1. The van der Waals surface area contributed by atoms with Crippen molar-refractivity contribution in [1.29, 1.82) is 5.41 Å². The van der Waals surface area contributed by atoms with E-state index in [1.807, 2.05) is 11.0 Å². The number of allylic oxidation sites excluding steroid dienone is 2. The SMILES string of the molecule is C=CCCCCO/C(C(=O)Nc1cc(F)cc(F)c1)=C(/C=N)N1CCNCC1. The van der Waals surface area contributed by atoms with Gasteiger partial charge in [-0.1, -0.05) is 6.08 Å². The van der Waals surface area contributed by atoms with Gasteiger partial charge < -0.3 is 25.7 Å². The van der Waals surface area contributed by atoms with Crippen LogP contribution in [0.3, 0.4) is 0 Å². The molecule has 1 amide bonds. The lowest BCUT2D eigenvalue weighted by Gasteiger charge is -2.31. The second-order valence-electron chi connectivity index (χ2n) is 6.34. The highest BCUT2D eigenvalue weighted by Crippen LogP contribution is 2.18. The first-order chi connectivity index (χ1) is 13.5. The smallest absolute Gasteiger partial charge is 0.293 e. The molecule has 6 nitrogen and oxygen atoms in total. The van der Waals surface area contributed by atoms with Crippen molar-refractivity contribution in [1.82, 2.24) is 10.2 Å². The van der Waals surface area contributed by atoms with E-state index in [1.54, 1.807) is 0 Å². The topological polar surface area (TPSA) is 77.5 Å². The van der Waals surface area contributed by atoms with Gasteiger partial charge in [-0.2, -0.15) is 0 Å². The molecule has 152 valence electrons. The molecule has 1 aliphatic rings. The van der Waals surface area contributed by atoms with Crippen LogP contribution in [-0.4, -0.2) is 49.8 Å². The molecule has 1 fully saturated rings. The lowest BCUT2D eigenvalue weighted by Crippen LogP contribution is -2.44. The van der Waals surface area contributed by atoms with Gasteiger partial charge in [0.15, 0.2) is 0 Å². The van der Waals surface area contributed by atoms with Crippen LogP contribution in [0.1, 0.15) is 19.3 Å². The van der Waals surface area contributed by atoms with Gasteiger partial charge >= 0.3 is 0 Å². The molecular weight excluding hydrogens is 366 g/mol. The van der Waals surface area contributed by atoms with Crippen molar-refractivity contribution < 1.29 is 18.3 Å². The van der Waals surface area contributed by atoms with Gasteiger partial charge in [-0.05, 0) is 31.4 Å².